The molecule has 0 amide bonds. The van der Waals surface area contributed by atoms with Crippen LogP contribution in [-0.4, -0.2) is 68.2 Å². The van der Waals surface area contributed by atoms with E-state index in [0.29, 0.717) is 30.1 Å². The van der Waals surface area contributed by atoms with Crippen LogP contribution in [-0.2, 0) is 25.0 Å². The maximum atomic E-state index is 13.9. The molecule has 12 heteroatoms. The number of anilines is 1. The molecule has 1 N–H and O–H groups in total. The van der Waals surface area contributed by atoms with Gasteiger partial charge in [-0.2, -0.15) is 0 Å². The van der Waals surface area contributed by atoms with Gasteiger partial charge in [-0.25, -0.2) is 23.7 Å². The number of hydrogen-bond donors (Lipinski definition) is 1. The highest BCUT2D eigenvalue weighted by Gasteiger charge is 2.25. The molecule has 39 heavy (non-hydrogen) atoms. The second kappa shape index (κ2) is 13.2. The van der Waals surface area contributed by atoms with Gasteiger partial charge in [0.05, 0.1) is 34.5 Å². The lowest BCUT2D eigenvalue weighted by Crippen LogP contribution is -2.30. The molecule has 2 aliphatic rings. The van der Waals surface area contributed by atoms with E-state index in [4.69, 9.17) is 14.2 Å². The maximum Gasteiger partial charge on any atom is 0.296 e. The summed E-state index contributed by atoms with van der Waals surface area (Å²) in [7, 11) is -1.50. The SMILES string of the molecule is CS(=O)c1nc(NC2CCC(OCCCOC3CCCCO3)CC2)cc(-n2c(C(F)F)nc3ccccc32)n1. The Bertz CT molecular complexity index is 1260. The molecule has 1 aliphatic heterocycles. The Morgan fingerprint density at radius 2 is 1.87 bits per heavy atom. The Morgan fingerprint density at radius 1 is 1.08 bits per heavy atom. The highest BCUT2D eigenvalue weighted by molar-refractivity contribution is 7.84. The number of para-hydroxylation sites is 2. The van der Waals surface area contributed by atoms with Crippen molar-refractivity contribution in [3.05, 3.63) is 36.2 Å². The Morgan fingerprint density at radius 3 is 2.62 bits per heavy atom. The summed E-state index contributed by atoms with van der Waals surface area (Å²) in [6.07, 6.45) is 6.41. The van der Waals surface area contributed by atoms with Gasteiger partial charge in [0.15, 0.2) is 12.1 Å². The van der Waals surface area contributed by atoms with E-state index in [2.05, 4.69) is 20.3 Å². The van der Waals surface area contributed by atoms with Crippen LogP contribution >= 0.6 is 0 Å². The van der Waals surface area contributed by atoms with Gasteiger partial charge >= 0.3 is 0 Å². The fourth-order valence-electron chi connectivity index (χ4n) is 5.11. The molecule has 0 radical (unpaired) electrons. The number of aromatic nitrogens is 4. The van der Waals surface area contributed by atoms with Crippen LogP contribution in [0.4, 0.5) is 14.6 Å². The normalized spacial score (nSPS) is 22.8. The van der Waals surface area contributed by atoms with Crippen LogP contribution in [0.1, 0.15) is 63.6 Å². The smallest absolute Gasteiger partial charge is 0.296 e. The Labute approximate surface area is 229 Å². The van der Waals surface area contributed by atoms with Gasteiger partial charge in [0.1, 0.15) is 11.6 Å². The molecule has 5 rings (SSSR count). The van der Waals surface area contributed by atoms with Crippen LogP contribution < -0.4 is 5.32 Å². The third-order valence-corrected chi connectivity index (χ3v) is 7.77. The Hall–Kier alpha value is -2.54. The summed E-state index contributed by atoms with van der Waals surface area (Å²) in [6.45, 7) is 2.07. The number of fused-ring (bicyclic) bond motifs is 1. The van der Waals surface area contributed by atoms with E-state index in [0.717, 1.165) is 58.0 Å². The van der Waals surface area contributed by atoms with Crippen molar-refractivity contribution in [2.75, 3.05) is 31.4 Å². The molecule has 1 saturated carbocycles. The summed E-state index contributed by atoms with van der Waals surface area (Å²) in [5.74, 6) is 0.247. The van der Waals surface area contributed by atoms with Crippen molar-refractivity contribution in [1.29, 1.82) is 0 Å². The molecule has 1 saturated heterocycles. The Kier molecular flexibility index (Phi) is 9.49. The molecule has 3 heterocycles. The van der Waals surface area contributed by atoms with E-state index >= 15 is 0 Å². The second-order valence-electron chi connectivity index (χ2n) is 9.95. The first kappa shape index (κ1) is 28.0. The molecular weight excluding hydrogens is 528 g/mol. The first-order valence-corrected chi connectivity index (χ1v) is 15.1. The zero-order valence-corrected chi connectivity index (χ0v) is 22.9. The topological polar surface area (TPSA) is 100 Å². The zero-order valence-electron chi connectivity index (χ0n) is 22.1. The van der Waals surface area contributed by atoms with Gasteiger partial charge in [-0.15, -0.1) is 0 Å². The summed E-state index contributed by atoms with van der Waals surface area (Å²) < 4.78 is 58.9. The van der Waals surface area contributed by atoms with Gasteiger partial charge in [0.25, 0.3) is 6.43 Å². The number of rotatable bonds is 11. The predicted octanol–water partition coefficient (Wildman–Crippen LogP) is 5.16. The first-order chi connectivity index (χ1) is 19.0. The second-order valence-corrected chi connectivity index (χ2v) is 11.2. The number of ether oxygens (including phenoxy) is 3. The molecule has 9 nitrogen and oxygen atoms in total. The van der Waals surface area contributed by atoms with Crippen LogP contribution in [0.2, 0.25) is 0 Å². The molecule has 1 aliphatic carbocycles. The van der Waals surface area contributed by atoms with Crippen LogP contribution in [0.25, 0.3) is 16.9 Å². The van der Waals surface area contributed by atoms with E-state index in [1.807, 2.05) is 0 Å². The van der Waals surface area contributed by atoms with Crippen molar-refractivity contribution in [2.45, 2.75) is 81.4 Å². The number of imidazole rings is 1. The molecule has 212 valence electrons. The summed E-state index contributed by atoms with van der Waals surface area (Å²) in [5, 5.41) is 3.49. The van der Waals surface area contributed by atoms with E-state index in [9.17, 15) is 13.0 Å². The van der Waals surface area contributed by atoms with Gasteiger partial charge in [-0.05, 0) is 63.5 Å². The predicted molar refractivity (Wildman–Crippen MR) is 144 cm³/mol. The van der Waals surface area contributed by atoms with Gasteiger partial charge in [-0.1, -0.05) is 12.1 Å². The average molecular weight is 564 g/mol. The van der Waals surface area contributed by atoms with Crippen LogP contribution in [0, 0.1) is 0 Å². The van der Waals surface area contributed by atoms with Crippen LogP contribution in [0.5, 0.6) is 0 Å². The van der Waals surface area contributed by atoms with Gasteiger partial charge in [0, 0.05) is 31.6 Å². The standard InChI is InChI=1S/C27H35F2N5O4S/c1-39(35)27-32-22(17-23(33-27)34-21-8-3-2-7-20(21)31-26(34)25(28)29)30-18-10-12-19(13-11-18)36-15-6-16-38-24-9-4-5-14-37-24/h2-3,7-8,17-19,24-25H,4-6,9-16H2,1H3,(H,30,32,33). The number of benzene rings is 1. The lowest BCUT2D eigenvalue weighted by atomic mass is 9.93. The van der Waals surface area contributed by atoms with Crippen molar-refractivity contribution in [3.63, 3.8) is 0 Å². The summed E-state index contributed by atoms with van der Waals surface area (Å²) in [6, 6.07) is 8.64. The minimum Gasteiger partial charge on any atom is -0.378 e. The molecule has 2 atom stereocenters. The zero-order chi connectivity index (χ0) is 27.2. The van der Waals surface area contributed by atoms with E-state index in [-0.39, 0.29) is 29.4 Å². The molecule has 3 aromatic rings. The first-order valence-electron chi connectivity index (χ1n) is 13.6. The van der Waals surface area contributed by atoms with Crippen molar-refractivity contribution in [3.8, 4) is 5.82 Å². The maximum absolute atomic E-state index is 13.9. The number of halogens is 2. The molecular formula is C27H35F2N5O4S. The number of hydrogen-bond acceptors (Lipinski definition) is 8. The number of nitrogens with zero attached hydrogens (tertiary/aromatic N) is 4. The van der Waals surface area contributed by atoms with Crippen molar-refractivity contribution < 1.29 is 27.2 Å². The molecule has 0 spiro atoms. The average Bonchev–Trinajstić information content (AvgIpc) is 3.34. The largest absolute Gasteiger partial charge is 0.378 e. The van der Waals surface area contributed by atoms with Crippen molar-refractivity contribution in [1.82, 2.24) is 19.5 Å². The van der Waals surface area contributed by atoms with Crippen LogP contribution in [0.3, 0.4) is 0 Å². The van der Waals surface area contributed by atoms with E-state index < -0.39 is 23.0 Å². The highest BCUT2D eigenvalue weighted by Crippen LogP contribution is 2.29. The lowest BCUT2D eigenvalue weighted by Gasteiger charge is -2.29. The minimum atomic E-state index is -2.80. The van der Waals surface area contributed by atoms with E-state index in [1.165, 1.54) is 10.8 Å². The summed E-state index contributed by atoms with van der Waals surface area (Å²) in [5.41, 5.74) is 0.937. The van der Waals surface area contributed by atoms with Crippen LogP contribution in [0.15, 0.2) is 35.5 Å². The molecule has 2 aromatic heterocycles. The quantitative estimate of drug-likeness (QED) is 0.252. The Balaban J connectivity index is 1.19. The third kappa shape index (κ3) is 7.16. The van der Waals surface area contributed by atoms with Gasteiger partial charge in [-0.3, -0.25) is 8.78 Å². The van der Waals surface area contributed by atoms with Gasteiger partial charge in [0.2, 0.25) is 5.16 Å². The molecule has 2 unspecified atom stereocenters. The van der Waals surface area contributed by atoms with E-state index in [1.54, 1.807) is 30.3 Å². The fraction of sp³-hybridized carbons (Fsp3) is 0.593. The van der Waals surface area contributed by atoms with Crippen molar-refractivity contribution >= 4 is 27.7 Å². The lowest BCUT2D eigenvalue weighted by molar-refractivity contribution is -0.164. The van der Waals surface area contributed by atoms with Crippen molar-refractivity contribution in [2.24, 2.45) is 0 Å². The monoisotopic (exact) mass is 563 g/mol. The highest BCUT2D eigenvalue weighted by atomic mass is 32.2. The van der Waals surface area contributed by atoms with Gasteiger partial charge < -0.3 is 19.5 Å². The minimum absolute atomic E-state index is 0.0670. The molecule has 2 fully saturated rings. The molecule has 1 aromatic carbocycles. The fourth-order valence-corrected chi connectivity index (χ4v) is 5.56. The third-order valence-electron chi connectivity index (χ3n) is 7.07. The summed E-state index contributed by atoms with van der Waals surface area (Å²) in [4.78, 5) is 12.9. The molecule has 0 bridgehead atoms. The number of alkyl halides is 2. The number of nitrogens with one attached hydrogen (secondary N) is 1. The summed E-state index contributed by atoms with van der Waals surface area (Å²) >= 11 is 0.